The van der Waals surface area contributed by atoms with E-state index in [1.165, 1.54) is 5.56 Å². The number of hydrogen-bond acceptors (Lipinski definition) is 1. The van der Waals surface area contributed by atoms with E-state index >= 15 is 0 Å². The molecule has 0 radical (unpaired) electrons. The standard InChI is InChI=1S/C16H15N/c1-14-9-11-16(12-10-14)17-13-5-8-15-6-3-2-4-7-15/h2-4,6-7,9-12,17H,13H2,1H3. The van der Waals surface area contributed by atoms with E-state index in [0.717, 1.165) is 11.3 Å². The molecule has 1 heteroatoms. The molecular weight excluding hydrogens is 206 g/mol. The van der Waals surface area contributed by atoms with Crippen LogP contribution in [0.25, 0.3) is 0 Å². The van der Waals surface area contributed by atoms with E-state index in [1.54, 1.807) is 0 Å². The van der Waals surface area contributed by atoms with Crippen LogP contribution >= 0.6 is 0 Å². The normalized spacial score (nSPS) is 9.24. The fourth-order valence-electron chi connectivity index (χ4n) is 1.49. The molecule has 0 bridgehead atoms. The van der Waals surface area contributed by atoms with Gasteiger partial charge in [0.05, 0.1) is 6.54 Å². The second-order valence-corrected chi connectivity index (χ2v) is 3.89. The number of anilines is 1. The third-order valence-electron chi connectivity index (χ3n) is 2.44. The molecular formula is C16H15N. The average Bonchev–Trinajstić information content (AvgIpc) is 2.38. The first-order chi connectivity index (χ1) is 8.34. The number of rotatable bonds is 2. The molecule has 1 nitrogen and oxygen atoms in total. The van der Waals surface area contributed by atoms with Crippen molar-refractivity contribution in [1.29, 1.82) is 0 Å². The Morgan fingerprint density at radius 1 is 0.941 bits per heavy atom. The third-order valence-corrected chi connectivity index (χ3v) is 2.44. The van der Waals surface area contributed by atoms with Gasteiger partial charge in [0.15, 0.2) is 0 Å². The maximum absolute atomic E-state index is 3.27. The lowest BCUT2D eigenvalue weighted by atomic mass is 10.2. The topological polar surface area (TPSA) is 12.0 Å². The van der Waals surface area contributed by atoms with Gasteiger partial charge in [-0.1, -0.05) is 47.7 Å². The average molecular weight is 221 g/mol. The first kappa shape index (κ1) is 11.3. The van der Waals surface area contributed by atoms with Crippen molar-refractivity contribution in [2.45, 2.75) is 6.92 Å². The van der Waals surface area contributed by atoms with Gasteiger partial charge in [-0.25, -0.2) is 0 Å². The van der Waals surface area contributed by atoms with Crippen molar-refractivity contribution in [2.24, 2.45) is 0 Å². The summed E-state index contributed by atoms with van der Waals surface area (Å²) in [7, 11) is 0. The maximum Gasteiger partial charge on any atom is 0.0769 e. The summed E-state index contributed by atoms with van der Waals surface area (Å²) in [5, 5.41) is 3.27. The molecule has 2 rings (SSSR count). The Balaban J connectivity index is 1.88. The molecule has 0 unspecified atom stereocenters. The molecule has 0 aliphatic heterocycles. The van der Waals surface area contributed by atoms with Gasteiger partial charge >= 0.3 is 0 Å². The summed E-state index contributed by atoms with van der Waals surface area (Å²) in [6.07, 6.45) is 0. The van der Waals surface area contributed by atoms with Crippen molar-refractivity contribution in [1.82, 2.24) is 0 Å². The molecule has 2 aromatic rings. The first-order valence-corrected chi connectivity index (χ1v) is 5.69. The number of aryl methyl sites for hydroxylation is 1. The van der Waals surface area contributed by atoms with Gasteiger partial charge in [-0.05, 0) is 31.2 Å². The van der Waals surface area contributed by atoms with Crippen LogP contribution in [0.4, 0.5) is 5.69 Å². The molecule has 1 N–H and O–H groups in total. The summed E-state index contributed by atoms with van der Waals surface area (Å²) < 4.78 is 0. The van der Waals surface area contributed by atoms with Crippen molar-refractivity contribution in [2.75, 3.05) is 11.9 Å². The fraction of sp³-hybridized carbons (Fsp3) is 0.125. The van der Waals surface area contributed by atoms with Crippen LogP contribution in [-0.4, -0.2) is 6.54 Å². The highest BCUT2D eigenvalue weighted by Crippen LogP contribution is 2.07. The minimum atomic E-state index is 0.665. The summed E-state index contributed by atoms with van der Waals surface area (Å²) >= 11 is 0. The minimum Gasteiger partial charge on any atom is -0.374 e. The molecule has 17 heavy (non-hydrogen) atoms. The predicted octanol–water partition coefficient (Wildman–Crippen LogP) is 3.46. The van der Waals surface area contributed by atoms with E-state index in [9.17, 15) is 0 Å². The highest BCUT2D eigenvalue weighted by atomic mass is 14.8. The summed E-state index contributed by atoms with van der Waals surface area (Å²) in [4.78, 5) is 0. The van der Waals surface area contributed by atoms with E-state index < -0.39 is 0 Å². The molecule has 2 aromatic carbocycles. The SMILES string of the molecule is Cc1ccc(NCC#Cc2ccccc2)cc1. The van der Waals surface area contributed by atoms with Gasteiger partial charge in [0.2, 0.25) is 0 Å². The minimum absolute atomic E-state index is 0.665. The lowest BCUT2D eigenvalue weighted by Gasteiger charge is -2.01. The lowest BCUT2D eigenvalue weighted by Crippen LogP contribution is -1.98. The Morgan fingerprint density at radius 3 is 2.35 bits per heavy atom. The van der Waals surface area contributed by atoms with E-state index in [-0.39, 0.29) is 0 Å². The van der Waals surface area contributed by atoms with Crippen LogP contribution in [0, 0.1) is 18.8 Å². The largest absolute Gasteiger partial charge is 0.374 e. The van der Waals surface area contributed by atoms with Crippen LogP contribution in [0.2, 0.25) is 0 Å². The second kappa shape index (κ2) is 5.77. The monoisotopic (exact) mass is 221 g/mol. The number of hydrogen-bond donors (Lipinski definition) is 1. The smallest absolute Gasteiger partial charge is 0.0769 e. The third kappa shape index (κ3) is 3.70. The summed E-state index contributed by atoms with van der Waals surface area (Å²) in [5.41, 5.74) is 3.43. The van der Waals surface area contributed by atoms with Crippen molar-refractivity contribution in [3.63, 3.8) is 0 Å². The quantitative estimate of drug-likeness (QED) is 0.766. The van der Waals surface area contributed by atoms with E-state index in [1.807, 2.05) is 30.3 Å². The van der Waals surface area contributed by atoms with Crippen LogP contribution in [0.15, 0.2) is 54.6 Å². The Kier molecular flexibility index (Phi) is 3.83. The van der Waals surface area contributed by atoms with Gasteiger partial charge in [-0.3, -0.25) is 0 Å². The highest BCUT2D eigenvalue weighted by molar-refractivity contribution is 5.46. The molecule has 0 saturated carbocycles. The molecule has 0 amide bonds. The Hall–Kier alpha value is -2.20. The van der Waals surface area contributed by atoms with E-state index in [0.29, 0.717) is 6.54 Å². The second-order valence-electron chi connectivity index (χ2n) is 3.89. The van der Waals surface area contributed by atoms with Crippen LogP contribution in [0.5, 0.6) is 0 Å². The zero-order valence-corrected chi connectivity index (χ0v) is 9.90. The zero-order chi connectivity index (χ0) is 11.9. The number of nitrogens with one attached hydrogen (secondary N) is 1. The molecule has 0 spiro atoms. The van der Waals surface area contributed by atoms with Crippen molar-refractivity contribution in [3.8, 4) is 11.8 Å². The highest BCUT2D eigenvalue weighted by Gasteiger charge is 1.88. The van der Waals surface area contributed by atoms with Crippen LogP contribution < -0.4 is 5.32 Å². The molecule has 0 atom stereocenters. The zero-order valence-electron chi connectivity index (χ0n) is 9.90. The van der Waals surface area contributed by atoms with Crippen LogP contribution in [0.1, 0.15) is 11.1 Å². The van der Waals surface area contributed by atoms with Crippen LogP contribution in [-0.2, 0) is 0 Å². The summed E-state index contributed by atoms with van der Waals surface area (Å²) in [6, 6.07) is 18.3. The molecule has 0 aliphatic carbocycles. The van der Waals surface area contributed by atoms with Gasteiger partial charge in [0, 0.05) is 11.3 Å². The molecule has 0 aliphatic rings. The Bertz CT molecular complexity index is 515. The van der Waals surface area contributed by atoms with Crippen molar-refractivity contribution < 1.29 is 0 Å². The molecule has 0 aromatic heterocycles. The first-order valence-electron chi connectivity index (χ1n) is 5.69. The van der Waals surface area contributed by atoms with Crippen molar-refractivity contribution >= 4 is 5.69 Å². The van der Waals surface area contributed by atoms with E-state index in [4.69, 9.17) is 0 Å². The molecule has 0 saturated heterocycles. The summed E-state index contributed by atoms with van der Waals surface area (Å²) in [5.74, 6) is 6.22. The molecule has 0 heterocycles. The maximum atomic E-state index is 3.27. The lowest BCUT2D eigenvalue weighted by molar-refractivity contribution is 1.36. The Morgan fingerprint density at radius 2 is 1.65 bits per heavy atom. The van der Waals surface area contributed by atoms with Gasteiger partial charge in [-0.2, -0.15) is 0 Å². The van der Waals surface area contributed by atoms with Gasteiger partial charge in [-0.15, -0.1) is 0 Å². The molecule has 84 valence electrons. The van der Waals surface area contributed by atoms with Gasteiger partial charge in [0.1, 0.15) is 0 Å². The summed E-state index contributed by atoms with van der Waals surface area (Å²) in [6.45, 7) is 2.75. The van der Waals surface area contributed by atoms with Crippen molar-refractivity contribution in [3.05, 3.63) is 65.7 Å². The van der Waals surface area contributed by atoms with Crippen LogP contribution in [0.3, 0.4) is 0 Å². The number of benzene rings is 2. The van der Waals surface area contributed by atoms with Gasteiger partial charge in [0.25, 0.3) is 0 Å². The predicted molar refractivity (Wildman–Crippen MR) is 73.0 cm³/mol. The molecule has 0 fully saturated rings. The fourth-order valence-corrected chi connectivity index (χ4v) is 1.49. The van der Waals surface area contributed by atoms with Gasteiger partial charge < -0.3 is 5.32 Å². The van der Waals surface area contributed by atoms with E-state index in [2.05, 4.69) is 48.3 Å². The Labute approximate surface area is 102 Å².